The fourth-order valence-electron chi connectivity index (χ4n) is 2.78. The zero-order valence-electron chi connectivity index (χ0n) is 15.9. The van der Waals surface area contributed by atoms with E-state index in [1.807, 2.05) is 12.1 Å². The Morgan fingerprint density at radius 1 is 0.880 bits per heavy atom. The second kappa shape index (κ2) is 14.1. The number of ketones is 1. The molecular formula is C21H34O3S. The van der Waals surface area contributed by atoms with Gasteiger partial charge < -0.3 is 4.74 Å². The Morgan fingerprint density at radius 2 is 1.40 bits per heavy atom. The third-order valence-corrected chi connectivity index (χ3v) is 4.95. The zero-order chi connectivity index (χ0) is 18.3. The van der Waals surface area contributed by atoms with E-state index >= 15 is 0 Å². The maximum absolute atomic E-state index is 11.8. The molecule has 0 saturated carbocycles. The van der Waals surface area contributed by atoms with Gasteiger partial charge in [0.25, 0.3) is 0 Å². The number of benzene rings is 1. The molecule has 0 bridgehead atoms. The number of rotatable bonds is 15. The summed E-state index contributed by atoms with van der Waals surface area (Å²) in [4.78, 5) is 11.8. The fraction of sp³-hybridized carbons (Fsp3) is 0.667. The van der Waals surface area contributed by atoms with Gasteiger partial charge >= 0.3 is 0 Å². The van der Waals surface area contributed by atoms with Crippen LogP contribution in [0.5, 0.6) is 5.75 Å². The molecule has 3 nitrogen and oxygen atoms in total. The van der Waals surface area contributed by atoms with Crippen LogP contribution in [0.4, 0.5) is 0 Å². The van der Waals surface area contributed by atoms with Crippen LogP contribution in [-0.4, -0.2) is 28.6 Å². The average molecular weight is 367 g/mol. The summed E-state index contributed by atoms with van der Waals surface area (Å²) in [6.45, 7) is 2.98. The maximum Gasteiger partial charge on any atom is 0.175 e. The molecule has 0 saturated heterocycles. The summed E-state index contributed by atoms with van der Waals surface area (Å²) < 4.78 is 16.8. The Balaban J connectivity index is 2.05. The van der Waals surface area contributed by atoms with Gasteiger partial charge in [-0.2, -0.15) is 0 Å². The summed E-state index contributed by atoms with van der Waals surface area (Å²) in [5.41, 5.74) is 0.599. The van der Waals surface area contributed by atoms with E-state index in [4.69, 9.17) is 4.74 Å². The minimum absolute atomic E-state index is 0.0814. The number of carbonyl (C=O) groups excluding carboxylic acids is 1. The standard InChI is InChI=1S/C21H34O3S/c1-3-4-5-6-7-8-9-10-11-12-17-24-20-15-13-19(14-16-20)21(22)18-25(2)23/h13-16H,3-12,17-18H2,1-2H3. The highest BCUT2D eigenvalue weighted by molar-refractivity contribution is 7.85. The van der Waals surface area contributed by atoms with Gasteiger partial charge in [0.1, 0.15) is 5.75 Å². The maximum atomic E-state index is 11.8. The van der Waals surface area contributed by atoms with Gasteiger partial charge in [0.15, 0.2) is 5.78 Å². The molecule has 25 heavy (non-hydrogen) atoms. The summed E-state index contributed by atoms with van der Waals surface area (Å²) in [5.74, 6) is 0.797. The van der Waals surface area contributed by atoms with E-state index in [0.717, 1.165) is 18.8 Å². The van der Waals surface area contributed by atoms with Crippen LogP contribution in [0.2, 0.25) is 0 Å². The van der Waals surface area contributed by atoms with Gasteiger partial charge in [-0.3, -0.25) is 9.00 Å². The molecule has 1 aromatic carbocycles. The third-order valence-electron chi connectivity index (χ3n) is 4.28. The molecule has 1 atom stereocenters. The van der Waals surface area contributed by atoms with Crippen LogP contribution >= 0.6 is 0 Å². The Bertz CT molecular complexity index is 496. The molecule has 0 spiro atoms. The highest BCUT2D eigenvalue weighted by Gasteiger charge is 2.07. The normalized spacial score (nSPS) is 12.1. The van der Waals surface area contributed by atoms with Crippen LogP contribution in [0.3, 0.4) is 0 Å². The van der Waals surface area contributed by atoms with Crippen molar-refractivity contribution in [2.45, 2.75) is 71.1 Å². The second-order valence-electron chi connectivity index (χ2n) is 6.70. The minimum atomic E-state index is -1.09. The van der Waals surface area contributed by atoms with E-state index in [9.17, 15) is 9.00 Å². The van der Waals surface area contributed by atoms with Gasteiger partial charge in [0.2, 0.25) is 0 Å². The van der Waals surface area contributed by atoms with Gasteiger partial charge in [-0.15, -0.1) is 0 Å². The number of hydrogen-bond acceptors (Lipinski definition) is 3. The molecule has 0 aliphatic rings. The molecule has 0 heterocycles. The van der Waals surface area contributed by atoms with Crippen molar-refractivity contribution >= 4 is 16.6 Å². The quantitative estimate of drug-likeness (QED) is 0.302. The Hall–Kier alpha value is -1.16. The smallest absolute Gasteiger partial charge is 0.175 e. The number of carbonyl (C=O) groups is 1. The summed E-state index contributed by atoms with van der Waals surface area (Å²) in [6.07, 6.45) is 14.7. The van der Waals surface area contributed by atoms with Gasteiger partial charge in [0, 0.05) is 22.6 Å². The van der Waals surface area contributed by atoms with Crippen molar-refractivity contribution in [3.05, 3.63) is 29.8 Å². The van der Waals surface area contributed by atoms with Crippen molar-refractivity contribution in [1.29, 1.82) is 0 Å². The molecule has 0 aliphatic carbocycles. The predicted octanol–water partition coefficient (Wildman–Crippen LogP) is 5.55. The van der Waals surface area contributed by atoms with Crippen LogP contribution < -0.4 is 4.74 Å². The summed E-state index contributed by atoms with van der Waals surface area (Å²) in [7, 11) is -1.09. The number of ether oxygens (including phenoxy) is 1. The van der Waals surface area contributed by atoms with Gasteiger partial charge in [-0.25, -0.2) is 0 Å². The summed E-state index contributed by atoms with van der Waals surface area (Å²) in [6, 6.07) is 7.15. The lowest BCUT2D eigenvalue weighted by Gasteiger charge is -2.07. The van der Waals surface area contributed by atoms with E-state index in [-0.39, 0.29) is 11.5 Å². The predicted molar refractivity (Wildman–Crippen MR) is 107 cm³/mol. The lowest BCUT2D eigenvalue weighted by molar-refractivity contribution is 0.102. The minimum Gasteiger partial charge on any atom is -0.494 e. The molecule has 1 rings (SSSR count). The summed E-state index contributed by atoms with van der Waals surface area (Å²) >= 11 is 0. The highest BCUT2D eigenvalue weighted by atomic mass is 32.2. The molecule has 4 heteroatoms. The van der Waals surface area contributed by atoms with Crippen molar-refractivity contribution in [3.8, 4) is 5.75 Å². The van der Waals surface area contributed by atoms with E-state index in [2.05, 4.69) is 6.92 Å². The van der Waals surface area contributed by atoms with E-state index in [1.165, 1.54) is 57.8 Å². The summed E-state index contributed by atoms with van der Waals surface area (Å²) in [5, 5.41) is 0. The van der Waals surface area contributed by atoms with Crippen LogP contribution in [0.25, 0.3) is 0 Å². The van der Waals surface area contributed by atoms with Gasteiger partial charge in [-0.1, -0.05) is 64.7 Å². The Morgan fingerprint density at radius 3 is 1.92 bits per heavy atom. The number of unbranched alkanes of at least 4 members (excludes halogenated alkanes) is 9. The topological polar surface area (TPSA) is 43.4 Å². The monoisotopic (exact) mass is 366 g/mol. The molecule has 0 aliphatic heterocycles. The number of hydrogen-bond donors (Lipinski definition) is 0. The van der Waals surface area contributed by atoms with Crippen LogP contribution in [-0.2, 0) is 10.8 Å². The lowest BCUT2D eigenvalue weighted by atomic mass is 10.1. The number of Topliss-reactive ketones (excluding diaryl/α,β-unsaturated/α-hetero) is 1. The van der Waals surface area contributed by atoms with Crippen molar-refractivity contribution in [3.63, 3.8) is 0 Å². The van der Waals surface area contributed by atoms with E-state index in [0.29, 0.717) is 5.56 Å². The van der Waals surface area contributed by atoms with Crippen molar-refractivity contribution in [2.75, 3.05) is 18.6 Å². The highest BCUT2D eigenvalue weighted by Crippen LogP contribution is 2.14. The molecule has 0 N–H and O–H groups in total. The van der Waals surface area contributed by atoms with Gasteiger partial charge in [-0.05, 0) is 30.7 Å². The first-order chi connectivity index (χ1) is 12.1. The lowest BCUT2D eigenvalue weighted by Crippen LogP contribution is -2.09. The molecule has 0 radical (unpaired) electrons. The van der Waals surface area contributed by atoms with E-state index in [1.54, 1.807) is 18.4 Å². The fourth-order valence-corrected chi connectivity index (χ4v) is 3.32. The SMILES string of the molecule is CCCCCCCCCCCCOc1ccc(C(=O)CS(C)=O)cc1. The van der Waals surface area contributed by atoms with Gasteiger partial charge in [0.05, 0.1) is 12.4 Å². The van der Waals surface area contributed by atoms with Crippen LogP contribution in [0.1, 0.15) is 81.5 Å². The van der Waals surface area contributed by atoms with Crippen molar-refractivity contribution in [1.82, 2.24) is 0 Å². The van der Waals surface area contributed by atoms with Crippen molar-refractivity contribution in [2.24, 2.45) is 0 Å². The van der Waals surface area contributed by atoms with E-state index < -0.39 is 10.8 Å². The molecule has 0 amide bonds. The molecule has 1 aromatic rings. The molecular weight excluding hydrogens is 332 g/mol. The van der Waals surface area contributed by atoms with Crippen molar-refractivity contribution < 1.29 is 13.7 Å². The molecule has 1 unspecified atom stereocenters. The first-order valence-electron chi connectivity index (χ1n) is 9.69. The van der Waals surface area contributed by atoms with Crippen LogP contribution in [0.15, 0.2) is 24.3 Å². The zero-order valence-corrected chi connectivity index (χ0v) is 16.7. The first-order valence-corrected chi connectivity index (χ1v) is 11.4. The Labute approximate surface area is 156 Å². The average Bonchev–Trinajstić information content (AvgIpc) is 2.59. The Kier molecular flexibility index (Phi) is 12.3. The first kappa shape index (κ1) is 21.9. The second-order valence-corrected chi connectivity index (χ2v) is 8.13. The van der Waals surface area contributed by atoms with Crippen LogP contribution in [0, 0.1) is 0 Å². The molecule has 0 fully saturated rings. The third kappa shape index (κ3) is 11.1. The molecule has 0 aromatic heterocycles. The largest absolute Gasteiger partial charge is 0.494 e. The molecule has 142 valence electrons.